The summed E-state index contributed by atoms with van der Waals surface area (Å²) in [4.78, 5) is 39.3. The third kappa shape index (κ3) is 4.76. The second kappa shape index (κ2) is 9.38. The molecule has 0 radical (unpaired) electrons. The summed E-state index contributed by atoms with van der Waals surface area (Å²) in [5.74, 6) is -0.821. The van der Waals surface area contributed by atoms with Gasteiger partial charge in [0.2, 0.25) is 5.91 Å². The Kier molecular flexibility index (Phi) is 6.60. The number of thioether (sulfide) groups is 2. The molecule has 0 aliphatic carbocycles. The molecule has 0 bridgehead atoms. The van der Waals surface area contributed by atoms with Gasteiger partial charge in [-0.2, -0.15) is 0 Å². The Morgan fingerprint density at radius 1 is 1.16 bits per heavy atom. The number of fused-ring (bicyclic) bond motifs is 1. The van der Waals surface area contributed by atoms with Crippen LogP contribution in [0.15, 0.2) is 70.8 Å². The maximum atomic E-state index is 12.7. The Balaban J connectivity index is 1.43. The smallest absolute Gasteiger partial charge is 0.352 e. The van der Waals surface area contributed by atoms with E-state index in [0.29, 0.717) is 22.1 Å². The molecule has 1 saturated heterocycles. The molecule has 2 aliphatic heterocycles. The Bertz CT molecular complexity index is 1040. The van der Waals surface area contributed by atoms with Gasteiger partial charge in [-0.1, -0.05) is 41.9 Å². The molecule has 2 N–H and O–H groups in total. The van der Waals surface area contributed by atoms with Crippen LogP contribution in [-0.4, -0.2) is 50.7 Å². The SMILES string of the molecule is O=C(Cc1ccccc1)NC1C(=O)N2C(C(=O)O)=C(CSc3ccc(Cl)cc3)CSC12. The number of carbonyl (C=O) groups excluding carboxylic acids is 2. The number of halogens is 1. The molecule has 2 unspecified atom stereocenters. The van der Waals surface area contributed by atoms with Gasteiger partial charge in [-0.3, -0.25) is 14.5 Å². The lowest BCUT2D eigenvalue weighted by Gasteiger charge is -2.49. The zero-order chi connectivity index (χ0) is 22.0. The third-order valence-electron chi connectivity index (χ3n) is 5.00. The summed E-state index contributed by atoms with van der Waals surface area (Å²) in [6, 6.07) is 15.9. The van der Waals surface area contributed by atoms with E-state index in [-0.39, 0.29) is 23.9 Å². The summed E-state index contributed by atoms with van der Waals surface area (Å²) in [5.41, 5.74) is 1.58. The van der Waals surface area contributed by atoms with Gasteiger partial charge in [-0.05, 0) is 35.4 Å². The largest absolute Gasteiger partial charge is 0.477 e. The van der Waals surface area contributed by atoms with Crippen molar-refractivity contribution in [1.82, 2.24) is 10.2 Å². The lowest BCUT2D eigenvalue weighted by atomic mass is 10.0. The van der Waals surface area contributed by atoms with E-state index in [1.54, 1.807) is 12.1 Å². The van der Waals surface area contributed by atoms with Gasteiger partial charge in [0.25, 0.3) is 5.91 Å². The predicted octanol–water partition coefficient (Wildman–Crippen LogP) is 3.41. The van der Waals surface area contributed by atoms with E-state index in [4.69, 9.17) is 11.6 Å². The molecule has 1 fully saturated rings. The number of hydrogen-bond acceptors (Lipinski definition) is 5. The highest BCUT2D eigenvalue weighted by Crippen LogP contribution is 2.41. The maximum Gasteiger partial charge on any atom is 0.352 e. The van der Waals surface area contributed by atoms with Gasteiger partial charge in [0.15, 0.2) is 0 Å². The number of rotatable bonds is 7. The number of nitrogens with zero attached hydrogens (tertiary/aromatic N) is 1. The monoisotopic (exact) mass is 474 g/mol. The molecule has 4 rings (SSSR count). The van der Waals surface area contributed by atoms with Crippen LogP contribution in [0.4, 0.5) is 0 Å². The third-order valence-corrected chi connectivity index (χ3v) is 7.69. The highest BCUT2D eigenvalue weighted by atomic mass is 35.5. The van der Waals surface area contributed by atoms with Gasteiger partial charge >= 0.3 is 5.97 Å². The highest BCUT2D eigenvalue weighted by molar-refractivity contribution is 8.01. The summed E-state index contributed by atoms with van der Waals surface area (Å²) in [6.45, 7) is 0. The van der Waals surface area contributed by atoms with E-state index in [9.17, 15) is 19.5 Å². The van der Waals surface area contributed by atoms with Gasteiger partial charge in [0.05, 0.1) is 6.42 Å². The molecule has 0 aromatic heterocycles. The molecule has 2 heterocycles. The van der Waals surface area contributed by atoms with Crippen LogP contribution < -0.4 is 5.32 Å². The fourth-order valence-electron chi connectivity index (χ4n) is 3.50. The van der Waals surface area contributed by atoms with Crippen molar-refractivity contribution in [3.63, 3.8) is 0 Å². The number of benzene rings is 2. The average Bonchev–Trinajstić information content (AvgIpc) is 2.77. The lowest BCUT2D eigenvalue weighted by Crippen LogP contribution is -2.70. The first kappa shape index (κ1) is 21.8. The summed E-state index contributed by atoms with van der Waals surface area (Å²) in [7, 11) is 0. The molecule has 2 aliphatic rings. The Labute approximate surface area is 193 Å². The standard InChI is InChI=1S/C22H19ClN2O4S2/c23-15-6-8-16(9-7-15)30-11-14-12-31-21-18(20(27)25(21)19(14)22(28)29)24-17(26)10-13-4-2-1-3-5-13/h1-9,18,21H,10-12H2,(H,24,26)(H,28,29). The van der Waals surface area contributed by atoms with Gasteiger partial charge in [-0.25, -0.2) is 4.79 Å². The van der Waals surface area contributed by atoms with Gasteiger partial charge in [-0.15, -0.1) is 23.5 Å². The van der Waals surface area contributed by atoms with E-state index < -0.39 is 17.4 Å². The molecule has 2 atom stereocenters. The molecule has 0 saturated carbocycles. The normalized spacial score (nSPS) is 20.2. The Hall–Kier alpha value is -2.42. The van der Waals surface area contributed by atoms with E-state index >= 15 is 0 Å². The fourth-order valence-corrected chi connectivity index (χ4v) is 6.01. The van der Waals surface area contributed by atoms with Crippen molar-refractivity contribution in [3.05, 3.63) is 76.5 Å². The molecule has 6 nitrogen and oxygen atoms in total. The molecule has 2 aromatic carbocycles. The number of nitrogens with one attached hydrogen (secondary N) is 1. The molecule has 9 heteroatoms. The quantitative estimate of drug-likeness (QED) is 0.472. The zero-order valence-electron chi connectivity index (χ0n) is 16.3. The number of carboxylic acid groups (broad SMARTS) is 1. The van der Waals surface area contributed by atoms with Crippen LogP contribution in [0.5, 0.6) is 0 Å². The summed E-state index contributed by atoms with van der Waals surface area (Å²) in [6.07, 6.45) is 0.173. The molecular formula is C22H19ClN2O4S2. The van der Waals surface area contributed by atoms with Crippen LogP contribution >= 0.6 is 35.1 Å². The lowest BCUT2D eigenvalue weighted by molar-refractivity contribution is -0.150. The van der Waals surface area contributed by atoms with Crippen LogP contribution in [-0.2, 0) is 20.8 Å². The van der Waals surface area contributed by atoms with Crippen molar-refractivity contribution in [2.24, 2.45) is 0 Å². The second-order valence-electron chi connectivity index (χ2n) is 7.12. The van der Waals surface area contributed by atoms with Crippen LogP contribution in [0.3, 0.4) is 0 Å². The first-order chi connectivity index (χ1) is 14.9. The van der Waals surface area contributed by atoms with E-state index in [2.05, 4.69) is 5.32 Å². The number of β-lactam (4-membered cyclic amide) rings is 1. The minimum atomic E-state index is -1.13. The molecular weight excluding hydrogens is 456 g/mol. The minimum absolute atomic E-state index is 0.0313. The van der Waals surface area contributed by atoms with Gasteiger partial charge in [0, 0.05) is 21.4 Å². The van der Waals surface area contributed by atoms with Crippen LogP contribution in [0, 0.1) is 0 Å². The fraction of sp³-hybridized carbons (Fsp3) is 0.227. The molecule has 160 valence electrons. The summed E-state index contributed by atoms with van der Waals surface area (Å²) >= 11 is 8.88. The first-order valence-corrected chi connectivity index (χ1v) is 12.0. The van der Waals surface area contributed by atoms with Crippen molar-refractivity contribution >= 4 is 52.9 Å². The van der Waals surface area contributed by atoms with Crippen molar-refractivity contribution in [3.8, 4) is 0 Å². The number of amides is 2. The van der Waals surface area contributed by atoms with Crippen LogP contribution in [0.2, 0.25) is 5.02 Å². The van der Waals surface area contributed by atoms with Crippen molar-refractivity contribution < 1.29 is 19.5 Å². The van der Waals surface area contributed by atoms with Crippen molar-refractivity contribution in [2.45, 2.75) is 22.7 Å². The number of hydrogen-bond donors (Lipinski definition) is 2. The van der Waals surface area contributed by atoms with Crippen molar-refractivity contribution in [2.75, 3.05) is 11.5 Å². The van der Waals surface area contributed by atoms with Crippen LogP contribution in [0.1, 0.15) is 5.56 Å². The Morgan fingerprint density at radius 3 is 2.55 bits per heavy atom. The van der Waals surface area contributed by atoms with E-state index in [1.165, 1.54) is 28.4 Å². The Morgan fingerprint density at radius 2 is 1.87 bits per heavy atom. The maximum absolute atomic E-state index is 12.7. The number of carbonyl (C=O) groups is 3. The topological polar surface area (TPSA) is 86.7 Å². The van der Waals surface area contributed by atoms with E-state index in [1.807, 2.05) is 42.5 Å². The number of carboxylic acids is 1. The van der Waals surface area contributed by atoms with E-state index in [0.717, 1.165) is 10.5 Å². The summed E-state index contributed by atoms with van der Waals surface area (Å²) < 4.78 is 0. The van der Waals surface area contributed by atoms with Gasteiger partial charge < -0.3 is 10.4 Å². The van der Waals surface area contributed by atoms with Gasteiger partial charge in [0.1, 0.15) is 17.1 Å². The average molecular weight is 475 g/mol. The number of aliphatic carboxylic acids is 1. The molecule has 0 spiro atoms. The minimum Gasteiger partial charge on any atom is -0.477 e. The first-order valence-electron chi connectivity index (χ1n) is 9.55. The summed E-state index contributed by atoms with van der Waals surface area (Å²) in [5, 5.41) is 12.8. The predicted molar refractivity (Wildman–Crippen MR) is 122 cm³/mol. The second-order valence-corrected chi connectivity index (χ2v) is 9.71. The molecule has 2 aromatic rings. The van der Waals surface area contributed by atoms with Crippen LogP contribution in [0.25, 0.3) is 0 Å². The zero-order valence-corrected chi connectivity index (χ0v) is 18.7. The molecule has 2 amide bonds. The van der Waals surface area contributed by atoms with Crippen molar-refractivity contribution in [1.29, 1.82) is 0 Å². The molecule has 31 heavy (non-hydrogen) atoms. The highest BCUT2D eigenvalue weighted by Gasteiger charge is 2.54.